The molecule has 3 aliphatic rings. The Kier molecular flexibility index (Phi) is 6.63. The van der Waals surface area contributed by atoms with Crippen molar-refractivity contribution in [2.45, 2.75) is 89.3 Å². The molecule has 2 aliphatic heterocycles. The van der Waals surface area contributed by atoms with Crippen molar-refractivity contribution < 1.29 is 13.3 Å². The number of epoxide rings is 1. The van der Waals surface area contributed by atoms with Crippen LogP contribution in [-0.4, -0.2) is 51.5 Å². The summed E-state index contributed by atoms with van der Waals surface area (Å²) in [6.45, 7) is 8.06. The van der Waals surface area contributed by atoms with E-state index in [2.05, 4.69) is 32.5 Å². The molecule has 3 rings (SSSR count). The van der Waals surface area contributed by atoms with E-state index in [4.69, 9.17) is 13.3 Å². The van der Waals surface area contributed by atoms with Crippen molar-refractivity contribution in [1.29, 1.82) is 0 Å². The van der Waals surface area contributed by atoms with Crippen LogP contribution in [0.2, 0.25) is 19.1 Å². The van der Waals surface area contributed by atoms with Gasteiger partial charge in [-0.2, -0.15) is 10.3 Å². The van der Waals surface area contributed by atoms with Gasteiger partial charge in [0.25, 0.3) is 0 Å². The number of hydrogen-bond acceptors (Lipinski definition) is 3. The molecule has 25 heavy (non-hydrogen) atoms. The first kappa shape index (κ1) is 20.2. The van der Waals surface area contributed by atoms with Gasteiger partial charge < -0.3 is 13.3 Å². The van der Waals surface area contributed by atoms with Gasteiger partial charge in [-0.15, -0.1) is 0 Å². The fourth-order valence-corrected chi connectivity index (χ4v) is 12.4. The lowest BCUT2D eigenvalue weighted by molar-refractivity contribution is 0.00212. The average Bonchev–Trinajstić information content (AvgIpc) is 3.29. The summed E-state index contributed by atoms with van der Waals surface area (Å²) in [5, 5.41) is 0. The zero-order valence-corrected chi connectivity index (χ0v) is 18.9. The first-order valence-corrected chi connectivity index (χ1v) is 16.1. The maximum atomic E-state index is 6.83. The second-order valence-corrected chi connectivity index (χ2v) is 17.7. The number of hydrogen-bond donors (Lipinski definition) is 0. The predicted molar refractivity (Wildman–Crippen MR) is 111 cm³/mol. The molecule has 5 heteroatoms. The minimum Gasteiger partial charge on any atom is -0.378 e. The highest BCUT2D eigenvalue weighted by molar-refractivity contribution is 8.29. The van der Waals surface area contributed by atoms with Crippen LogP contribution in [0.4, 0.5) is 0 Å². The normalized spacial score (nSPS) is 36.8. The Morgan fingerprint density at radius 1 is 1.00 bits per heavy atom. The lowest BCUT2D eigenvalue weighted by Gasteiger charge is -2.41. The molecule has 5 unspecified atom stereocenters. The van der Waals surface area contributed by atoms with Crippen molar-refractivity contribution in [2.24, 2.45) is 11.8 Å². The molecule has 3 nitrogen and oxygen atoms in total. The van der Waals surface area contributed by atoms with Crippen LogP contribution in [-0.2, 0) is 13.3 Å². The van der Waals surface area contributed by atoms with Crippen LogP contribution in [0.1, 0.15) is 51.9 Å². The van der Waals surface area contributed by atoms with Crippen molar-refractivity contribution in [2.75, 3.05) is 24.9 Å². The number of ether oxygens (including phenoxy) is 2. The standard InChI is InChI=1S/C20H40O3SSi/c1-16-14-18(8-11-21-16)9-12-24(2,3)23-25(4,5)13-10-17-6-7-19-20(15-17)22-19/h16-20H,6-15H2,1-5H3. The minimum absolute atomic E-state index is 0.453. The van der Waals surface area contributed by atoms with Crippen LogP contribution in [0, 0.1) is 11.8 Å². The number of fused-ring (bicyclic) bond motifs is 1. The highest BCUT2D eigenvalue weighted by atomic mass is 32.3. The molecule has 0 aromatic rings. The van der Waals surface area contributed by atoms with E-state index in [1.165, 1.54) is 56.7 Å². The molecule has 0 spiro atoms. The summed E-state index contributed by atoms with van der Waals surface area (Å²) in [6.07, 6.45) is 15.7. The summed E-state index contributed by atoms with van der Waals surface area (Å²) in [4.78, 5) is 0. The molecule has 0 N–H and O–H groups in total. The third-order valence-corrected chi connectivity index (χ3v) is 12.7. The summed E-state index contributed by atoms with van der Waals surface area (Å²) in [5.41, 5.74) is 0. The Balaban J connectivity index is 1.38. The van der Waals surface area contributed by atoms with E-state index in [-0.39, 0.29) is 0 Å². The first-order valence-electron chi connectivity index (χ1n) is 10.4. The molecular formula is C20H40O3SSi. The molecule has 0 amide bonds. The van der Waals surface area contributed by atoms with Crippen LogP contribution in [0.5, 0.6) is 0 Å². The summed E-state index contributed by atoms with van der Waals surface area (Å²) < 4.78 is 18.2. The first-order chi connectivity index (χ1) is 11.7. The Morgan fingerprint density at radius 2 is 1.76 bits per heavy atom. The zero-order chi connectivity index (χ0) is 18.1. The maximum absolute atomic E-state index is 6.83. The van der Waals surface area contributed by atoms with E-state index < -0.39 is 18.6 Å². The smallest absolute Gasteiger partial charge is 0.202 e. The van der Waals surface area contributed by atoms with Gasteiger partial charge in [0.05, 0.1) is 18.3 Å². The van der Waals surface area contributed by atoms with Gasteiger partial charge in [-0.3, -0.25) is 0 Å². The molecule has 1 aliphatic carbocycles. The largest absolute Gasteiger partial charge is 0.378 e. The Labute approximate surface area is 158 Å². The van der Waals surface area contributed by atoms with Crippen LogP contribution in [0.25, 0.3) is 0 Å². The third kappa shape index (κ3) is 6.53. The second-order valence-electron chi connectivity index (χ2n) is 9.78. The Bertz CT molecular complexity index is 423. The van der Waals surface area contributed by atoms with E-state index in [1.54, 1.807) is 0 Å². The topological polar surface area (TPSA) is 31.0 Å². The zero-order valence-electron chi connectivity index (χ0n) is 17.1. The van der Waals surface area contributed by atoms with Crippen LogP contribution in [0.15, 0.2) is 0 Å². The monoisotopic (exact) mass is 388 g/mol. The maximum Gasteiger partial charge on any atom is 0.202 e. The van der Waals surface area contributed by atoms with Gasteiger partial charge in [0.15, 0.2) is 0 Å². The van der Waals surface area contributed by atoms with Gasteiger partial charge in [-0.1, -0.05) is 6.42 Å². The van der Waals surface area contributed by atoms with Crippen LogP contribution >= 0.6 is 10.3 Å². The summed E-state index contributed by atoms with van der Waals surface area (Å²) in [5.74, 6) is 3.00. The second kappa shape index (κ2) is 8.22. The van der Waals surface area contributed by atoms with E-state index in [0.29, 0.717) is 18.3 Å². The molecule has 2 saturated heterocycles. The van der Waals surface area contributed by atoms with Gasteiger partial charge in [0.1, 0.15) is 0 Å². The molecule has 2 heterocycles. The summed E-state index contributed by atoms with van der Waals surface area (Å²) in [6, 6.07) is 1.32. The van der Waals surface area contributed by atoms with Crippen molar-refractivity contribution in [3.05, 3.63) is 0 Å². The van der Waals surface area contributed by atoms with Gasteiger partial charge in [0.2, 0.25) is 8.32 Å². The molecular weight excluding hydrogens is 348 g/mol. The quantitative estimate of drug-likeness (QED) is 0.415. The fraction of sp³-hybridized carbons (Fsp3) is 1.00. The summed E-state index contributed by atoms with van der Waals surface area (Å²) in [7, 11) is -2.48. The molecule has 0 aromatic carbocycles. The number of rotatable bonds is 8. The highest BCUT2D eigenvalue weighted by Gasteiger charge is 2.44. The van der Waals surface area contributed by atoms with Crippen molar-refractivity contribution >= 4 is 18.6 Å². The molecule has 0 aromatic heterocycles. The predicted octanol–water partition coefficient (Wildman–Crippen LogP) is 5.35. The van der Waals surface area contributed by atoms with Crippen molar-refractivity contribution in [3.8, 4) is 0 Å². The van der Waals surface area contributed by atoms with Crippen molar-refractivity contribution in [1.82, 2.24) is 0 Å². The van der Waals surface area contributed by atoms with Gasteiger partial charge in [0, 0.05) is 6.61 Å². The fourth-order valence-electron chi connectivity index (χ4n) is 4.80. The molecule has 0 bridgehead atoms. The molecule has 148 valence electrons. The van der Waals surface area contributed by atoms with Gasteiger partial charge in [-0.05, 0) is 94.7 Å². The lowest BCUT2D eigenvalue weighted by Crippen LogP contribution is -2.33. The highest BCUT2D eigenvalue weighted by Crippen LogP contribution is 2.48. The SMILES string of the molecule is CC1CC(CCS(C)(C)O[Si](C)(C)CCC2CCC3OC3C2)CCO1. The third-order valence-electron chi connectivity index (χ3n) is 6.33. The van der Waals surface area contributed by atoms with Crippen molar-refractivity contribution in [3.63, 3.8) is 0 Å². The minimum atomic E-state index is -1.56. The van der Waals surface area contributed by atoms with E-state index in [0.717, 1.165) is 18.4 Å². The summed E-state index contributed by atoms with van der Waals surface area (Å²) >= 11 is 0. The Hall–Kier alpha value is 0.447. The van der Waals surface area contributed by atoms with E-state index >= 15 is 0 Å². The van der Waals surface area contributed by atoms with E-state index in [9.17, 15) is 0 Å². The van der Waals surface area contributed by atoms with E-state index in [1.807, 2.05) is 0 Å². The molecule has 0 radical (unpaired) electrons. The van der Waals surface area contributed by atoms with Crippen LogP contribution in [0.3, 0.4) is 0 Å². The van der Waals surface area contributed by atoms with Gasteiger partial charge in [-0.25, -0.2) is 0 Å². The molecule has 1 saturated carbocycles. The van der Waals surface area contributed by atoms with Gasteiger partial charge >= 0.3 is 0 Å². The average molecular weight is 389 g/mol. The Morgan fingerprint density at radius 3 is 2.48 bits per heavy atom. The lowest BCUT2D eigenvalue weighted by atomic mass is 9.88. The van der Waals surface area contributed by atoms with Crippen LogP contribution < -0.4 is 0 Å². The molecule has 5 atom stereocenters. The molecule has 3 fully saturated rings.